The molecule has 0 aliphatic carbocycles. The fraction of sp³-hybridized carbons (Fsp3) is 0.107. The second-order valence-electron chi connectivity index (χ2n) is 8.64. The van der Waals surface area contributed by atoms with Crippen LogP contribution in [0.5, 0.6) is 5.75 Å². The number of methoxy groups -OCH3 is 1. The Kier molecular flexibility index (Phi) is 3.80. The smallest absolute Gasteiger partial charge is 0.232 e. The van der Waals surface area contributed by atoms with Crippen LogP contribution in [-0.2, 0) is 12.6 Å². The minimum Gasteiger partial charge on any atom is -0.497 e. The molecule has 6 nitrogen and oxygen atoms in total. The summed E-state index contributed by atoms with van der Waals surface area (Å²) in [6.45, 7) is 0. The molecule has 0 saturated heterocycles. The highest BCUT2D eigenvalue weighted by atomic mass is 16.5. The van der Waals surface area contributed by atoms with E-state index < -0.39 is 5.54 Å². The van der Waals surface area contributed by atoms with E-state index in [-0.39, 0.29) is 0 Å². The van der Waals surface area contributed by atoms with E-state index in [0.29, 0.717) is 5.96 Å². The van der Waals surface area contributed by atoms with E-state index in [9.17, 15) is 0 Å². The van der Waals surface area contributed by atoms with E-state index >= 15 is 0 Å². The third-order valence-electron chi connectivity index (χ3n) is 6.87. The lowest BCUT2D eigenvalue weighted by Crippen LogP contribution is -2.42. The normalized spacial score (nSPS) is 19.9. The Balaban J connectivity index is 1.61. The molecule has 0 fully saturated rings. The number of aryl methyl sites for hydroxylation is 1. The number of para-hydroxylation sites is 2. The van der Waals surface area contributed by atoms with Crippen molar-refractivity contribution in [1.29, 1.82) is 0 Å². The van der Waals surface area contributed by atoms with E-state index in [1.54, 1.807) is 7.11 Å². The molecule has 7 rings (SSSR count). The second kappa shape index (κ2) is 6.78. The maximum absolute atomic E-state index is 5.45. The lowest BCUT2D eigenvalue weighted by molar-refractivity contribution is 0.414. The first-order valence-electron chi connectivity index (χ1n) is 11.2. The van der Waals surface area contributed by atoms with Gasteiger partial charge in [-0.3, -0.25) is 4.90 Å². The van der Waals surface area contributed by atoms with E-state index in [1.165, 1.54) is 0 Å². The molecule has 0 amide bonds. The van der Waals surface area contributed by atoms with Gasteiger partial charge in [0.25, 0.3) is 0 Å². The van der Waals surface area contributed by atoms with Crippen molar-refractivity contribution >= 4 is 40.3 Å². The summed E-state index contributed by atoms with van der Waals surface area (Å²) >= 11 is 0. The van der Waals surface area contributed by atoms with Crippen molar-refractivity contribution in [3.8, 4) is 5.75 Å². The highest BCUT2D eigenvalue weighted by Gasteiger charge is 2.53. The van der Waals surface area contributed by atoms with E-state index in [1.807, 2.05) is 36.6 Å². The topological polar surface area (TPSA) is 54.5 Å². The van der Waals surface area contributed by atoms with Gasteiger partial charge >= 0.3 is 0 Å². The summed E-state index contributed by atoms with van der Waals surface area (Å²) in [5.41, 5.74) is 5.43. The van der Waals surface area contributed by atoms with Gasteiger partial charge in [-0.05, 0) is 35.9 Å². The molecule has 0 bridgehead atoms. The van der Waals surface area contributed by atoms with Crippen molar-refractivity contribution in [2.45, 2.75) is 5.54 Å². The van der Waals surface area contributed by atoms with Crippen molar-refractivity contribution in [3.63, 3.8) is 0 Å². The quantitative estimate of drug-likeness (QED) is 0.433. The number of aliphatic imine (C=N–C) groups is 3. The zero-order valence-corrected chi connectivity index (χ0v) is 18.8. The predicted octanol–water partition coefficient (Wildman–Crippen LogP) is 5.27. The number of hydrogen-bond donors (Lipinski definition) is 0. The van der Waals surface area contributed by atoms with Crippen LogP contribution >= 0.6 is 0 Å². The number of rotatable bonds is 3. The largest absolute Gasteiger partial charge is 0.497 e. The molecule has 3 aliphatic heterocycles. The molecule has 0 radical (unpaired) electrons. The fourth-order valence-corrected chi connectivity index (χ4v) is 5.30. The number of fused-ring (bicyclic) bond motifs is 3. The first-order valence-corrected chi connectivity index (χ1v) is 11.2. The number of nitrogens with zero attached hydrogens (tertiary/aromatic N) is 5. The Morgan fingerprint density at radius 2 is 1.71 bits per heavy atom. The van der Waals surface area contributed by atoms with Gasteiger partial charge in [0.15, 0.2) is 11.4 Å². The van der Waals surface area contributed by atoms with Crippen molar-refractivity contribution in [2.24, 2.45) is 22.0 Å². The molecule has 4 aromatic rings. The number of guanidine groups is 1. The summed E-state index contributed by atoms with van der Waals surface area (Å²) in [4.78, 5) is 17.4. The van der Waals surface area contributed by atoms with Gasteiger partial charge < -0.3 is 9.30 Å². The van der Waals surface area contributed by atoms with Gasteiger partial charge in [0, 0.05) is 41.5 Å². The van der Waals surface area contributed by atoms with Crippen LogP contribution in [0.4, 0.5) is 5.69 Å². The molecule has 0 N–H and O–H groups in total. The number of amidine groups is 1. The van der Waals surface area contributed by atoms with E-state index in [4.69, 9.17) is 14.7 Å². The molecule has 6 heteroatoms. The van der Waals surface area contributed by atoms with Gasteiger partial charge in [-0.15, -0.1) is 0 Å². The molecule has 4 heterocycles. The van der Waals surface area contributed by atoms with Gasteiger partial charge in [-0.1, -0.05) is 48.5 Å². The summed E-state index contributed by atoms with van der Waals surface area (Å²) in [6, 6.07) is 24.8. The van der Waals surface area contributed by atoms with Crippen LogP contribution in [0, 0.1) is 0 Å². The summed E-state index contributed by atoms with van der Waals surface area (Å²) < 4.78 is 7.61. The maximum atomic E-state index is 5.45. The summed E-state index contributed by atoms with van der Waals surface area (Å²) in [7, 11) is 3.75. The maximum Gasteiger partial charge on any atom is 0.232 e. The SMILES string of the molecule is COc1ccc(C2(c3cn(C)c4ccccc34)N=C3N=CC=C4c5ccccc5N=C2N43)cc1. The Morgan fingerprint density at radius 1 is 0.912 bits per heavy atom. The van der Waals surface area contributed by atoms with Gasteiger partial charge in [0.1, 0.15) is 5.75 Å². The number of allylic oxidation sites excluding steroid dienone is 1. The van der Waals surface area contributed by atoms with Crippen LogP contribution < -0.4 is 4.74 Å². The Labute approximate surface area is 196 Å². The molecule has 0 saturated carbocycles. The Bertz CT molecular complexity index is 1610. The molecule has 0 spiro atoms. The Morgan fingerprint density at radius 3 is 2.56 bits per heavy atom. The first-order chi connectivity index (χ1) is 16.7. The molecular formula is C28H21N5O. The first kappa shape index (κ1) is 19.1. The molecule has 164 valence electrons. The van der Waals surface area contributed by atoms with Gasteiger partial charge in [0.2, 0.25) is 5.96 Å². The highest BCUT2D eigenvalue weighted by molar-refractivity contribution is 6.24. The lowest BCUT2D eigenvalue weighted by atomic mass is 9.81. The van der Waals surface area contributed by atoms with Gasteiger partial charge in [-0.2, -0.15) is 0 Å². The standard InChI is InChI=1S/C28H21N5O/c1-32-17-22(20-7-4-6-10-24(20)32)28(18-11-13-19(34-2)14-12-18)26-30-23-9-5-3-8-21(23)25-15-16-29-27(31-28)33(25)26/h3-17H,1-2H3. The summed E-state index contributed by atoms with van der Waals surface area (Å²) in [6.07, 6.45) is 6.05. The number of hydrogen-bond acceptors (Lipinski definition) is 5. The Hall–Kier alpha value is -4.45. The number of ether oxygens (including phenoxy) is 1. The second-order valence-corrected chi connectivity index (χ2v) is 8.64. The van der Waals surface area contributed by atoms with Gasteiger partial charge in [0.05, 0.1) is 18.5 Å². The van der Waals surface area contributed by atoms with Crippen molar-refractivity contribution < 1.29 is 4.74 Å². The van der Waals surface area contributed by atoms with E-state index in [2.05, 4.69) is 76.2 Å². The molecule has 3 aliphatic rings. The van der Waals surface area contributed by atoms with Crippen molar-refractivity contribution in [3.05, 3.63) is 102 Å². The van der Waals surface area contributed by atoms with Gasteiger partial charge in [-0.25, -0.2) is 15.0 Å². The number of aromatic nitrogens is 1. The zero-order valence-electron chi connectivity index (χ0n) is 18.8. The highest BCUT2D eigenvalue weighted by Crippen LogP contribution is 2.50. The molecule has 3 aromatic carbocycles. The third-order valence-corrected chi connectivity index (χ3v) is 6.87. The van der Waals surface area contributed by atoms with Crippen LogP contribution in [0.1, 0.15) is 16.7 Å². The average molecular weight is 444 g/mol. The van der Waals surface area contributed by atoms with Crippen LogP contribution in [-0.4, -0.2) is 34.6 Å². The molecule has 1 aromatic heterocycles. The number of benzene rings is 3. The minimum atomic E-state index is -0.864. The van der Waals surface area contributed by atoms with E-state index in [0.717, 1.165) is 50.6 Å². The van der Waals surface area contributed by atoms with Crippen LogP contribution in [0.25, 0.3) is 16.6 Å². The van der Waals surface area contributed by atoms with Crippen molar-refractivity contribution in [2.75, 3.05) is 7.11 Å². The average Bonchev–Trinajstić information content (AvgIpc) is 3.41. The summed E-state index contributed by atoms with van der Waals surface area (Å²) in [5.74, 6) is 2.29. The lowest BCUT2D eigenvalue weighted by Gasteiger charge is -2.35. The molecule has 34 heavy (non-hydrogen) atoms. The molecule has 1 unspecified atom stereocenters. The minimum absolute atomic E-state index is 0.648. The molecular weight excluding hydrogens is 422 g/mol. The molecule has 1 atom stereocenters. The van der Waals surface area contributed by atoms with Crippen molar-refractivity contribution in [1.82, 2.24) is 9.47 Å². The predicted molar refractivity (Wildman–Crippen MR) is 136 cm³/mol. The van der Waals surface area contributed by atoms with Crippen LogP contribution in [0.3, 0.4) is 0 Å². The van der Waals surface area contributed by atoms with Crippen LogP contribution in [0.15, 0.2) is 100 Å². The summed E-state index contributed by atoms with van der Waals surface area (Å²) in [5, 5.41) is 1.14. The monoisotopic (exact) mass is 443 g/mol. The third kappa shape index (κ3) is 2.37. The van der Waals surface area contributed by atoms with Crippen LogP contribution in [0.2, 0.25) is 0 Å². The zero-order chi connectivity index (χ0) is 22.9. The fourth-order valence-electron chi connectivity index (χ4n) is 5.30.